The molecule has 1 aliphatic carbocycles. The van der Waals surface area contributed by atoms with Crippen LogP contribution in [0.5, 0.6) is 0 Å². The Morgan fingerprint density at radius 2 is 2.19 bits per heavy atom. The van der Waals surface area contributed by atoms with Crippen molar-refractivity contribution in [3.05, 3.63) is 29.1 Å². The van der Waals surface area contributed by atoms with Gasteiger partial charge in [0.25, 0.3) is 0 Å². The summed E-state index contributed by atoms with van der Waals surface area (Å²) >= 11 is 0. The highest BCUT2D eigenvalue weighted by atomic mass is 19.4. The molecule has 1 aromatic rings. The number of nitrogens with zero attached hydrogens (tertiary/aromatic N) is 2. The van der Waals surface area contributed by atoms with Crippen molar-refractivity contribution in [2.24, 2.45) is 5.41 Å². The van der Waals surface area contributed by atoms with Crippen LogP contribution < -0.4 is 5.32 Å². The maximum Gasteiger partial charge on any atom is 0.417 e. The van der Waals surface area contributed by atoms with Crippen molar-refractivity contribution in [3.63, 3.8) is 0 Å². The maximum absolute atomic E-state index is 13.4. The van der Waals surface area contributed by atoms with E-state index in [0.717, 1.165) is 31.5 Å². The lowest BCUT2D eigenvalue weighted by molar-refractivity contribution is -0.142. The Kier molecular flexibility index (Phi) is 6.29. The second-order valence-electron chi connectivity index (χ2n) is 9.22. The zero-order valence-corrected chi connectivity index (χ0v) is 18.0. The van der Waals surface area contributed by atoms with Gasteiger partial charge in [-0.1, -0.05) is 6.92 Å². The predicted octanol–water partition coefficient (Wildman–Crippen LogP) is 2.94. The molecule has 2 fully saturated rings. The molecule has 4 rings (SSSR count). The van der Waals surface area contributed by atoms with E-state index in [1.807, 2.05) is 6.92 Å². The highest BCUT2D eigenvalue weighted by molar-refractivity contribution is 5.83. The molecule has 172 valence electrons. The fraction of sp³-hybridized carbons (Fsp3) is 0.727. The van der Waals surface area contributed by atoms with Gasteiger partial charge in [-0.2, -0.15) is 13.2 Å². The SMILES string of the molecule is CO[C@@H]1COCC[C@@H]1N[C@@H]1CC[C@](C)(C(=O)N2CCc3ncc(C(F)(F)F)cc3C2)C1. The number of halogens is 3. The minimum absolute atomic E-state index is 0.00484. The first-order valence-electron chi connectivity index (χ1n) is 10.9. The van der Waals surface area contributed by atoms with Gasteiger partial charge in [0, 0.05) is 62.6 Å². The quantitative estimate of drug-likeness (QED) is 0.779. The molecule has 9 heteroatoms. The number of alkyl halides is 3. The predicted molar refractivity (Wildman–Crippen MR) is 107 cm³/mol. The third-order valence-electron chi connectivity index (χ3n) is 6.97. The Hall–Kier alpha value is -1.71. The normalized spacial score (nSPS) is 31.5. The molecule has 1 saturated heterocycles. The molecule has 0 aromatic carbocycles. The highest BCUT2D eigenvalue weighted by Crippen LogP contribution is 2.41. The zero-order chi connectivity index (χ0) is 22.2. The van der Waals surface area contributed by atoms with Crippen molar-refractivity contribution >= 4 is 5.91 Å². The van der Waals surface area contributed by atoms with Crippen LogP contribution in [0, 0.1) is 5.41 Å². The van der Waals surface area contributed by atoms with Gasteiger partial charge < -0.3 is 19.7 Å². The summed E-state index contributed by atoms with van der Waals surface area (Å²) in [6.45, 7) is 3.92. The van der Waals surface area contributed by atoms with E-state index in [1.165, 1.54) is 0 Å². The summed E-state index contributed by atoms with van der Waals surface area (Å²) in [4.78, 5) is 19.1. The number of hydrogen-bond donors (Lipinski definition) is 1. The van der Waals surface area contributed by atoms with Crippen LogP contribution >= 0.6 is 0 Å². The second kappa shape index (κ2) is 8.67. The van der Waals surface area contributed by atoms with Gasteiger partial charge in [0.1, 0.15) is 0 Å². The van der Waals surface area contributed by atoms with Crippen LogP contribution in [-0.4, -0.2) is 60.8 Å². The van der Waals surface area contributed by atoms with E-state index in [2.05, 4.69) is 10.3 Å². The smallest absolute Gasteiger partial charge is 0.379 e. The molecule has 31 heavy (non-hydrogen) atoms. The van der Waals surface area contributed by atoms with E-state index in [4.69, 9.17) is 9.47 Å². The van der Waals surface area contributed by atoms with Gasteiger partial charge >= 0.3 is 6.18 Å². The lowest BCUT2D eigenvalue weighted by atomic mass is 9.85. The molecule has 2 aliphatic heterocycles. The van der Waals surface area contributed by atoms with Gasteiger partial charge in [0.2, 0.25) is 5.91 Å². The summed E-state index contributed by atoms with van der Waals surface area (Å²) in [7, 11) is 1.68. The number of rotatable bonds is 4. The molecule has 0 radical (unpaired) electrons. The lowest BCUT2D eigenvalue weighted by Gasteiger charge is -2.36. The van der Waals surface area contributed by atoms with Crippen molar-refractivity contribution in [1.29, 1.82) is 0 Å². The Labute approximate surface area is 180 Å². The fourth-order valence-electron chi connectivity index (χ4n) is 5.15. The van der Waals surface area contributed by atoms with Crippen LogP contribution in [0.2, 0.25) is 0 Å². The minimum Gasteiger partial charge on any atom is -0.379 e. The number of ether oxygens (including phenoxy) is 2. The number of pyridine rings is 1. The molecule has 0 bridgehead atoms. The number of amides is 1. The van der Waals surface area contributed by atoms with Gasteiger partial charge in [-0.25, -0.2) is 0 Å². The number of fused-ring (bicyclic) bond motifs is 1. The third-order valence-corrected chi connectivity index (χ3v) is 6.97. The van der Waals surface area contributed by atoms with E-state index in [-0.39, 0.29) is 30.6 Å². The number of hydrogen-bond acceptors (Lipinski definition) is 5. The molecular weight excluding hydrogens is 411 g/mol. The molecule has 6 nitrogen and oxygen atoms in total. The molecule has 4 atom stereocenters. The lowest BCUT2D eigenvalue weighted by Crippen LogP contribution is -2.51. The van der Waals surface area contributed by atoms with Crippen LogP contribution in [0.4, 0.5) is 13.2 Å². The zero-order valence-electron chi connectivity index (χ0n) is 18.0. The first-order chi connectivity index (χ1) is 14.7. The van der Waals surface area contributed by atoms with Crippen molar-refractivity contribution in [2.45, 2.75) is 69.9 Å². The van der Waals surface area contributed by atoms with Gasteiger partial charge in [0.15, 0.2) is 0 Å². The van der Waals surface area contributed by atoms with E-state index in [1.54, 1.807) is 12.0 Å². The Balaban J connectivity index is 1.40. The third kappa shape index (κ3) is 4.73. The monoisotopic (exact) mass is 441 g/mol. The Bertz CT molecular complexity index is 819. The van der Waals surface area contributed by atoms with E-state index >= 15 is 0 Å². The van der Waals surface area contributed by atoms with E-state index in [9.17, 15) is 18.0 Å². The first-order valence-corrected chi connectivity index (χ1v) is 10.9. The molecule has 0 spiro atoms. The molecule has 3 aliphatic rings. The second-order valence-corrected chi connectivity index (χ2v) is 9.22. The molecule has 0 unspecified atom stereocenters. The van der Waals surface area contributed by atoms with Crippen LogP contribution in [0.15, 0.2) is 12.3 Å². The van der Waals surface area contributed by atoms with Gasteiger partial charge in [-0.3, -0.25) is 9.78 Å². The standard InChI is InChI=1S/C22H30F3N3O3/c1-21(6-3-16(10-21)27-18-5-8-31-13-19(18)30-2)20(29)28-7-4-17-14(12-28)9-15(11-26-17)22(23,24)25/h9,11,16,18-19,27H,3-8,10,12-13H2,1-2H3/t16-,18+,19-,21+/m1/s1. The summed E-state index contributed by atoms with van der Waals surface area (Å²) in [5, 5.41) is 3.66. The van der Waals surface area contributed by atoms with Gasteiger partial charge in [0.05, 0.1) is 18.3 Å². The summed E-state index contributed by atoms with van der Waals surface area (Å²) in [5.41, 5.74) is -0.131. The number of nitrogens with one attached hydrogen (secondary N) is 1. The minimum atomic E-state index is -4.44. The fourth-order valence-corrected chi connectivity index (χ4v) is 5.15. The summed E-state index contributed by atoms with van der Waals surface area (Å²) in [6.07, 6.45) is 0.165. The summed E-state index contributed by atoms with van der Waals surface area (Å²) < 4.78 is 50.2. The van der Waals surface area contributed by atoms with Crippen molar-refractivity contribution in [1.82, 2.24) is 15.2 Å². The highest BCUT2D eigenvalue weighted by Gasteiger charge is 2.45. The molecule has 3 heterocycles. The largest absolute Gasteiger partial charge is 0.417 e. The molecular formula is C22H30F3N3O3. The van der Waals surface area contributed by atoms with Crippen molar-refractivity contribution in [3.8, 4) is 0 Å². The molecule has 1 amide bonds. The number of aromatic nitrogens is 1. The van der Waals surface area contributed by atoms with Crippen molar-refractivity contribution < 1.29 is 27.4 Å². The summed E-state index contributed by atoms with van der Waals surface area (Å²) in [5.74, 6) is 0.0233. The number of methoxy groups -OCH3 is 1. The molecule has 1 aromatic heterocycles. The van der Waals surface area contributed by atoms with Crippen LogP contribution in [-0.2, 0) is 33.4 Å². The van der Waals surface area contributed by atoms with Gasteiger partial charge in [-0.15, -0.1) is 0 Å². The van der Waals surface area contributed by atoms with E-state index < -0.39 is 17.2 Å². The maximum atomic E-state index is 13.4. The first kappa shape index (κ1) is 22.5. The Morgan fingerprint density at radius 3 is 2.94 bits per heavy atom. The number of carbonyl (C=O) groups is 1. The van der Waals surface area contributed by atoms with Crippen molar-refractivity contribution in [2.75, 3.05) is 26.9 Å². The molecule has 1 saturated carbocycles. The average molecular weight is 441 g/mol. The number of carbonyl (C=O) groups excluding carboxylic acids is 1. The Morgan fingerprint density at radius 1 is 1.39 bits per heavy atom. The van der Waals surface area contributed by atoms with Crippen LogP contribution in [0.1, 0.15) is 49.4 Å². The summed E-state index contributed by atoms with van der Waals surface area (Å²) in [6, 6.07) is 1.55. The molecule has 1 N–H and O–H groups in total. The van der Waals surface area contributed by atoms with Crippen LogP contribution in [0.3, 0.4) is 0 Å². The van der Waals surface area contributed by atoms with Gasteiger partial charge in [-0.05, 0) is 37.3 Å². The van der Waals surface area contributed by atoms with E-state index in [0.29, 0.717) is 43.9 Å². The topological polar surface area (TPSA) is 63.7 Å². The van der Waals surface area contributed by atoms with Crippen LogP contribution in [0.25, 0.3) is 0 Å². The average Bonchev–Trinajstić information content (AvgIpc) is 3.14.